The summed E-state index contributed by atoms with van der Waals surface area (Å²) >= 11 is 3.00. The van der Waals surface area contributed by atoms with E-state index in [0.717, 1.165) is 25.0 Å². The van der Waals surface area contributed by atoms with E-state index in [1.807, 2.05) is 0 Å². The van der Waals surface area contributed by atoms with Gasteiger partial charge in [-0.15, -0.1) is 0 Å². The Hall–Kier alpha value is -0.990. The Bertz CT molecular complexity index is 626. The molecule has 0 spiro atoms. The van der Waals surface area contributed by atoms with Gasteiger partial charge in [-0.25, -0.2) is 17.6 Å². The quantitative estimate of drug-likeness (QED) is 0.904. The van der Waals surface area contributed by atoms with E-state index in [9.17, 15) is 17.6 Å². The van der Waals surface area contributed by atoms with Crippen molar-refractivity contribution >= 4 is 31.9 Å². The average molecular weight is 352 g/mol. The van der Waals surface area contributed by atoms with E-state index in [1.54, 1.807) is 0 Å². The predicted molar refractivity (Wildman–Crippen MR) is 69.1 cm³/mol. The fraction of sp³-hybridized carbons (Fsp3) is 0.364. The van der Waals surface area contributed by atoms with Crippen molar-refractivity contribution in [1.29, 1.82) is 0 Å². The summed E-state index contributed by atoms with van der Waals surface area (Å²) in [5.74, 6) is -2.72. The molecule has 1 aromatic carbocycles. The summed E-state index contributed by atoms with van der Waals surface area (Å²) in [4.78, 5) is 10.3. The number of hydrogen-bond acceptors (Lipinski definition) is 3. The molecule has 0 radical (unpaired) electrons. The first kappa shape index (κ1) is 14.4. The van der Waals surface area contributed by atoms with Crippen LogP contribution in [0.3, 0.4) is 0 Å². The first-order valence-electron chi connectivity index (χ1n) is 5.56. The minimum absolute atomic E-state index is 0.212. The van der Waals surface area contributed by atoms with Crippen molar-refractivity contribution in [2.45, 2.75) is 17.7 Å². The van der Waals surface area contributed by atoms with Crippen molar-refractivity contribution in [2.75, 3.05) is 13.1 Å². The number of rotatable bonds is 3. The Morgan fingerprint density at radius 2 is 1.89 bits per heavy atom. The summed E-state index contributed by atoms with van der Waals surface area (Å²) in [6.45, 7) is 0.660. The van der Waals surface area contributed by atoms with Gasteiger partial charge in [-0.1, -0.05) is 15.9 Å². The van der Waals surface area contributed by atoms with Crippen molar-refractivity contribution in [3.05, 3.63) is 28.0 Å². The van der Waals surface area contributed by atoms with Crippen molar-refractivity contribution in [1.82, 2.24) is 4.31 Å². The molecule has 5 nitrogen and oxygen atoms in total. The zero-order valence-electron chi connectivity index (χ0n) is 9.77. The summed E-state index contributed by atoms with van der Waals surface area (Å²) in [7, 11) is -3.98. The monoisotopic (exact) mass is 351 g/mol. The summed E-state index contributed by atoms with van der Waals surface area (Å²) in [6.07, 6.45) is 1.45. The number of aromatic carboxylic acids is 1. The molecule has 1 heterocycles. The number of sulfonamides is 1. The molecule has 0 unspecified atom stereocenters. The van der Waals surface area contributed by atoms with Crippen LogP contribution >= 0.6 is 15.9 Å². The minimum atomic E-state index is -3.98. The molecule has 1 N–H and O–H groups in total. The van der Waals surface area contributed by atoms with Gasteiger partial charge < -0.3 is 5.11 Å². The highest BCUT2D eigenvalue weighted by atomic mass is 79.9. The van der Waals surface area contributed by atoms with Gasteiger partial charge in [0.2, 0.25) is 10.0 Å². The Morgan fingerprint density at radius 1 is 1.32 bits per heavy atom. The predicted octanol–water partition coefficient (Wildman–Crippen LogP) is 2.07. The van der Waals surface area contributed by atoms with E-state index in [2.05, 4.69) is 15.9 Å². The molecule has 1 fully saturated rings. The molecule has 0 bridgehead atoms. The fourth-order valence-corrected chi connectivity index (χ4v) is 4.21. The van der Waals surface area contributed by atoms with Crippen molar-refractivity contribution in [3.8, 4) is 0 Å². The van der Waals surface area contributed by atoms with Gasteiger partial charge in [0, 0.05) is 17.6 Å². The van der Waals surface area contributed by atoms with Gasteiger partial charge in [-0.05, 0) is 25.0 Å². The van der Waals surface area contributed by atoms with Crippen LogP contribution in [0.1, 0.15) is 23.2 Å². The highest BCUT2D eigenvalue weighted by Crippen LogP contribution is 2.28. The van der Waals surface area contributed by atoms with E-state index in [0.29, 0.717) is 13.1 Å². The van der Waals surface area contributed by atoms with Crippen LogP contribution in [0.25, 0.3) is 0 Å². The Kier molecular flexibility index (Phi) is 3.93. The van der Waals surface area contributed by atoms with E-state index >= 15 is 0 Å². The van der Waals surface area contributed by atoms with Gasteiger partial charge in [0.1, 0.15) is 4.90 Å². The zero-order chi connectivity index (χ0) is 14.2. The topological polar surface area (TPSA) is 74.7 Å². The van der Waals surface area contributed by atoms with Crippen LogP contribution in [-0.4, -0.2) is 36.9 Å². The van der Waals surface area contributed by atoms with Gasteiger partial charge in [-0.2, -0.15) is 4.31 Å². The van der Waals surface area contributed by atoms with Gasteiger partial charge >= 0.3 is 5.97 Å². The summed E-state index contributed by atoms with van der Waals surface area (Å²) in [5, 5.41) is 8.88. The van der Waals surface area contributed by atoms with E-state index in [4.69, 9.17) is 5.11 Å². The largest absolute Gasteiger partial charge is 0.478 e. The molecule has 0 saturated carbocycles. The van der Waals surface area contributed by atoms with Crippen molar-refractivity contribution < 1.29 is 22.7 Å². The molecule has 1 aliphatic heterocycles. The maximum absolute atomic E-state index is 14.0. The summed E-state index contributed by atoms with van der Waals surface area (Å²) in [6, 6.07) is 2.14. The van der Waals surface area contributed by atoms with Crippen LogP contribution in [0.2, 0.25) is 0 Å². The van der Waals surface area contributed by atoms with Crippen LogP contribution in [0.4, 0.5) is 4.39 Å². The molecule has 0 amide bonds. The van der Waals surface area contributed by atoms with Crippen LogP contribution in [0.15, 0.2) is 21.5 Å². The molecule has 8 heteroatoms. The summed E-state index contributed by atoms with van der Waals surface area (Å²) in [5.41, 5.74) is -0.660. The second-order valence-electron chi connectivity index (χ2n) is 4.18. The maximum Gasteiger partial charge on any atom is 0.338 e. The standard InChI is InChI=1S/C11H11BrFNO4S/c12-7-5-8(11(15)16)10(13)9(6-7)19(17,18)14-3-1-2-4-14/h5-6H,1-4H2,(H,15,16). The van der Waals surface area contributed by atoms with Crippen LogP contribution in [-0.2, 0) is 10.0 Å². The highest BCUT2D eigenvalue weighted by Gasteiger charge is 2.32. The highest BCUT2D eigenvalue weighted by molar-refractivity contribution is 9.10. The van der Waals surface area contributed by atoms with Crippen molar-refractivity contribution in [2.24, 2.45) is 0 Å². The molecule has 0 aliphatic carbocycles. The second-order valence-corrected chi connectivity index (χ2v) is 7.00. The van der Waals surface area contributed by atoms with Crippen LogP contribution in [0, 0.1) is 5.82 Å². The lowest BCUT2D eigenvalue weighted by atomic mass is 10.2. The molecule has 1 aliphatic rings. The van der Waals surface area contributed by atoms with E-state index in [1.165, 1.54) is 4.31 Å². The van der Waals surface area contributed by atoms with Gasteiger partial charge in [0.05, 0.1) is 5.56 Å². The lowest BCUT2D eigenvalue weighted by molar-refractivity contribution is 0.0691. The molecular weight excluding hydrogens is 341 g/mol. The lowest BCUT2D eigenvalue weighted by Gasteiger charge is -2.16. The maximum atomic E-state index is 14.0. The molecule has 0 aromatic heterocycles. The average Bonchev–Trinajstić information content (AvgIpc) is 2.85. The number of carboxylic acids is 1. The minimum Gasteiger partial charge on any atom is -0.478 e. The number of nitrogens with zero attached hydrogens (tertiary/aromatic N) is 1. The number of benzene rings is 1. The molecule has 1 saturated heterocycles. The third-order valence-corrected chi connectivity index (χ3v) is 5.27. The number of carbonyl (C=O) groups is 1. The number of carboxylic acid groups (broad SMARTS) is 1. The second kappa shape index (κ2) is 5.18. The number of hydrogen-bond donors (Lipinski definition) is 1. The third-order valence-electron chi connectivity index (χ3n) is 2.92. The fourth-order valence-electron chi connectivity index (χ4n) is 1.98. The van der Waals surface area contributed by atoms with Crippen LogP contribution < -0.4 is 0 Å². The third kappa shape index (κ3) is 2.65. The van der Waals surface area contributed by atoms with Gasteiger partial charge in [0.25, 0.3) is 0 Å². The van der Waals surface area contributed by atoms with E-state index < -0.39 is 32.3 Å². The van der Waals surface area contributed by atoms with Gasteiger partial charge in [0.15, 0.2) is 5.82 Å². The molecule has 1 aromatic rings. The molecule has 2 rings (SSSR count). The number of halogens is 2. The van der Waals surface area contributed by atoms with E-state index in [-0.39, 0.29) is 4.47 Å². The van der Waals surface area contributed by atoms with Crippen molar-refractivity contribution in [3.63, 3.8) is 0 Å². The zero-order valence-corrected chi connectivity index (χ0v) is 12.2. The first-order valence-corrected chi connectivity index (χ1v) is 7.80. The Labute approximate surface area is 118 Å². The summed E-state index contributed by atoms with van der Waals surface area (Å²) < 4.78 is 39.9. The first-order chi connectivity index (χ1) is 8.84. The molecule has 104 valence electrons. The SMILES string of the molecule is O=C(O)c1cc(Br)cc(S(=O)(=O)N2CCCC2)c1F. The van der Waals surface area contributed by atoms with Crippen LogP contribution in [0.5, 0.6) is 0 Å². The smallest absolute Gasteiger partial charge is 0.338 e. The molecular formula is C11H11BrFNO4S. The Balaban J connectivity index is 2.59. The van der Waals surface area contributed by atoms with Gasteiger partial charge in [-0.3, -0.25) is 0 Å². The molecule has 19 heavy (non-hydrogen) atoms. The lowest BCUT2D eigenvalue weighted by Crippen LogP contribution is -2.29. The normalized spacial score (nSPS) is 16.7. The Morgan fingerprint density at radius 3 is 2.42 bits per heavy atom. The molecule has 0 atom stereocenters.